The second-order valence-corrected chi connectivity index (χ2v) is 11.7. The highest BCUT2D eigenvalue weighted by Crippen LogP contribution is 2.39. The van der Waals surface area contributed by atoms with Crippen molar-refractivity contribution in [2.45, 2.75) is 60.5 Å². The molecule has 0 radical (unpaired) electrons. The van der Waals surface area contributed by atoms with Crippen molar-refractivity contribution >= 4 is 5.91 Å². The number of aromatic nitrogens is 5. The molecule has 228 valence electrons. The minimum absolute atomic E-state index is 0.0167. The number of carbonyl (C=O) groups is 1. The largest absolute Gasteiger partial charge is 0.493 e. The van der Waals surface area contributed by atoms with Crippen LogP contribution < -0.4 is 26.0 Å². The van der Waals surface area contributed by atoms with Gasteiger partial charge in [0.05, 0.1) is 25.1 Å². The topological polar surface area (TPSA) is 138 Å². The molecule has 3 heterocycles. The Balaban J connectivity index is 1.62. The monoisotopic (exact) mass is 589 g/mol. The van der Waals surface area contributed by atoms with E-state index in [1.807, 2.05) is 32.0 Å². The molecule has 0 saturated carbocycles. The molecular weight excluding hydrogens is 550 g/mol. The fourth-order valence-corrected chi connectivity index (χ4v) is 6.14. The molecular formula is C31H39N7O5. The van der Waals surface area contributed by atoms with Gasteiger partial charge >= 0.3 is 5.69 Å². The van der Waals surface area contributed by atoms with Crippen molar-refractivity contribution in [1.29, 1.82) is 0 Å². The van der Waals surface area contributed by atoms with E-state index in [-0.39, 0.29) is 29.9 Å². The van der Waals surface area contributed by atoms with Gasteiger partial charge in [0, 0.05) is 38.3 Å². The van der Waals surface area contributed by atoms with Crippen LogP contribution in [0.2, 0.25) is 0 Å². The third-order valence-electron chi connectivity index (χ3n) is 7.84. The maximum atomic E-state index is 14.1. The molecule has 0 unspecified atom stereocenters. The maximum absolute atomic E-state index is 14.1. The quantitative estimate of drug-likeness (QED) is 0.412. The van der Waals surface area contributed by atoms with Gasteiger partial charge < -0.3 is 19.9 Å². The van der Waals surface area contributed by atoms with Gasteiger partial charge in [-0.15, -0.1) is 0 Å². The van der Waals surface area contributed by atoms with Gasteiger partial charge in [0.2, 0.25) is 0 Å². The van der Waals surface area contributed by atoms with Crippen LogP contribution >= 0.6 is 0 Å². The van der Waals surface area contributed by atoms with E-state index in [4.69, 9.17) is 14.5 Å². The van der Waals surface area contributed by atoms with Gasteiger partial charge in [0.1, 0.15) is 5.49 Å². The van der Waals surface area contributed by atoms with Crippen LogP contribution in [0.3, 0.4) is 0 Å². The number of methoxy groups -OCH3 is 1. The number of fused-ring (bicyclic) bond motifs is 3. The lowest BCUT2D eigenvalue weighted by Crippen LogP contribution is -2.44. The molecule has 2 aliphatic rings. The molecule has 0 spiro atoms. The fourth-order valence-electron chi connectivity index (χ4n) is 6.14. The Labute approximate surface area is 250 Å². The van der Waals surface area contributed by atoms with Gasteiger partial charge in [-0.2, -0.15) is 0 Å². The SMILES string of the molecule is CCOc1cc2c(cc1OC)-c1cc(=NC3=C(C)CC(C)(C)C=C3C)n(CCNC(=O)c3c(O)nnn3C)c(=O)n1CC2. The zero-order valence-electron chi connectivity index (χ0n) is 25.8. The fraction of sp³-hybridized carbons (Fsp3) is 0.452. The van der Waals surface area contributed by atoms with Crippen molar-refractivity contribution in [3.8, 4) is 28.6 Å². The number of rotatable bonds is 8. The van der Waals surface area contributed by atoms with Gasteiger partial charge in [-0.05, 0) is 67.9 Å². The highest BCUT2D eigenvalue weighted by atomic mass is 16.5. The maximum Gasteiger partial charge on any atom is 0.330 e. The number of ether oxygens (including phenoxy) is 2. The van der Waals surface area contributed by atoms with Crippen LogP contribution in [-0.4, -0.2) is 55.4 Å². The molecule has 1 amide bonds. The second-order valence-electron chi connectivity index (χ2n) is 11.7. The summed E-state index contributed by atoms with van der Waals surface area (Å²) in [4.78, 5) is 31.9. The van der Waals surface area contributed by atoms with Crippen molar-refractivity contribution in [3.05, 3.63) is 68.3 Å². The number of aromatic hydroxyl groups is 1. The smallest absolute Gasteiger partial charge is 0.330 e. The Hall–Kier alpha value is -4.61. The number of hydrogen-bond acceptors (Lipinski definition) is 8. The van der Waals surface area contributed by atoms with Gasteiger partial charge in [-0.25, -0.2) is 14.5 Å². The molecule has 2 N–H and O–H groups in total. The van der Waals surface area contributed by atoms with Gasteiger partial charge in [0.25, 0.3) is 11.8 Å². The molecule has 0 atom stereocenters. The summed E-state index contributed by atoms with van der Waals surface area (Å²) in [5.74, 6) is 0.273. The second kappa shape index (κ2) is 11.6. The number of amides is 1. The average molecular weight is 590 g/mol. The predicted octanol–water partition coefficient (Wildman–Crippen LogP) is 3.10. The third-order valence-corrected chi connectivity index (χ3v) is 7.84. The number of hydrogen-bond donors (Lipinski definition) is 2. The van der Waals surface area contributed by atoms with E-state index < -0.39 is 11.8 Å². The van der Waals surface area contributed by atoms with Crippen molar-refractivity contribution < 1.29 is 19.4 Å². The lowest BCUT2D eigenvalue weighted by atomic mass is 9.79. The van der Waals surface area contributed by atoms with E-state index in [0.717, 1.165) is 40.1 Å². The molecule has 3 aromatic rings. The number of benzene rings is 1. The standard InChI is InChI=1S/C31H39N7O5/c1-8-43-24-13-20-9-11-37-22(21(20)14-23(24)42-7)15-25(33-26-18(2)16-31(4,5)17-19(26)3)38(30(37)41)12-10-32-28(39)27-29(40)34-35-36(27)6/h13-16,40H,8-12,17H2,1-7H3,(H,32,39). The summed E-state index contributed by atoms with van der Waals surface area (Å²) < 4.78 is 16.0. The Bertz CT molecular complexity index is 1770. The van der Waals surface area contributed by atoms with Gasteiger partial charge in [-0.1, -0.05) is 30.2 Å². The van der Waals surface area contributed by atoms with E-state index in [1.54, 1.807) is 16.2 Å². The van der Waals surface area contributed by atoms with E-state index in [2.05, 4.69) is 42.5 Å². The summed E-state index contributed by atoms with van der Waals surface area (Å²) in [5, 5.41) is 19.9. The molecule has 43 heavy (non-hydrogen) atoms. The molecule has 1 aliphatic heterocycles. The molecule has 5 rings (SSSR count). The number of carbonyl (C=O) groups excluding carboxylic acids is 1. The Morgan fingerprint density at radius 3 is 2.63 bits per heavy atom. The van der Waals surface area contributed by atoms with Crippen LogP contribution in [0.15, 0.2) is 50.9 Å². The summed E-state index contributed by atoms with van der Waals surface area (Å²) >= 11 is 0. The first-order valence-electron chi connectivity index (χ1n) is 14.4. The van der Waals surface area contributed by atoms with Crippen LogP contribution in [0.1, 0.15) is 57.1 Å². The average Bonchev–Trinajstić information content (AvgIpc) is 3.28. The predicted molar refractivity (Wildman–Crippen MR) is 161 cm³/mol. The van der Waals surface area contributed by atoms with Crippen molar-refractivity contribution in [2.75, 3.05) is 20.3 Å². The number of nitrogens with zero attached hydrogens (tertiary/aromatic N) is 6. The van der Waals surface area contributed by atoms with Crippen molar-refractivity contribution in [2.24, 2.45) is 17.5 Å². The summed E-state index contributed by atoms with van der Waals surface area (Å²) in [6, 6.07) is 5.85. The molecule has 12 nitrogen and oxygen atoms in total. The lowest BCUT2D eigenvalue weighted by molar-refractivity contribution is 0.0939. The van der Waals surface area contributed by atoms with Crippen LogP contribution in [0, 0.1) is 5.41 Å². The molecule has 0 saturated heterocycles. The lowest BCUT2D eigenvalue weighted by Gasteiger charge is -2.28. The van der Waals surface area contributed by atoms with Gasteiger partial charge in [0.15, 0.2) is 17.2 Å². The van der Waals surface area contributed by atoms with Crippen molar-refractivity contribution in [1.82, 2.24) is 29.4 Å². The first kappa shape index (κ1) is 29.9. The van der Waals surface area contributed by atoms with E-state index in [0.29, 0.717) is 36.6 Å². The molecule has 0 fully saturated rings. The van der Waals surface area contributed by atoms with E-state index in [9.17, 15) is 14.7 Å². The van der Waals surface area contributed by atoms with E-state index >= 15 is 0 Å². The minimum atomic E-state index is -0.542. The normalized spacial score (nSPS) is 16.0. The Morgan fingerprint density at radius 2 is 1.98 bits per heavy atom. The minimum Gasteiger partial charge on any atom is -0.493 e. The first-order chi connectivity index (χ1) is 20.4. The highest BCUT2D eigenvalue weighted by Gasteiger charge is 2.26. The summed E-state index contributed by atoms with van der Waals surface area (Å²) in [6.45, 7) is 11.7. The number of allylic oxidation sites excluding steroid dienone is 3. The molecule has 1 aromatic carbocycles. The van der Waals surface area contributed by atoms with Crippen LogP contribution in [-0.2, 0) is 26.6 Å². The zero-order chi connectivity index (χ0) is 31.1. The van der Waals surface area contributed by atoms with E-state index in [1.165, 1.54) is 11.7 Å². The number of aryl methyl sites for hydroxylation is 2. The highest BCUT2D eigenvalue weighted by molar-refractivity contribution is 5.94. The third kappa shape index (κ3) is 5.73. The van der Waals surface area contributed by atoms with Gasteiger partial charge in [-0.3, -0.25) is 13.9 Å². The Morgan fingerprint density at radius 1 is 1.21 bits per heavy atom. The number of nitrogens with one attached hydrogen (secondary N) is 1. The molecule has 0 bridgehead atoms. The Kier molecular flexibility index (Phi) is 8.04. The zero-order valence-corrected chi connectivity index (χ0v) is 25.8. The molecule has 12 heteroatoms. The van der Waals surface area contributed by atoms with Crippen LogP contribution in [0.4, 0.5) is 0 Å². The molecule has 2 aromatic heterocycles. The first-order valence-corrected chi connectivity index (χ1v) is 14.4. The molecule has 1 aliphatic carbocycles. The van der Waals surface area contributed by atoms with Crippen molar-refractivity contribution in [3.63, 3.8) is 0 Å². The van der Waals surface area contributed by atoms with Crippen LogP contribution in [0.25, 0.3) is 11.3 Å². The summed E-state index contributed by atoms with van der Waals surface area (Å²) in [5.41, 5.74) is 5.96. The summed E-state index contributed by atoms with van der Waals surface area (Å²) in [7, 11) is 3.12. The van der Waals surface area contributed by atoms with Crippen LogP contribution in [0.5, 0.6) is 17.4 Å². The summed E-state index contributed by atoms with van der Waals surface area (Å²) in [6.07, 6.45) is 3.72.